The summed E-state index contributed by atoms with van der Waals surface area (Å²) in [4.78, 5) is 0. The summed E-state index contributed by atoms with van der Waals surface area (Å²) in [5, 5.41) is 14.2. The Balaban J connectivity index is 2.12. The lowest BCUT2D eigenvalue weighted by Crippen LogP contribution is -2.07. The van der Waals surface area contributed by atoms with Crippen molar-refractivity contribution in [1.82, 2.24) is 9.78 Å². The number of ether oxygens (including phenoxy) is 1. The molecule has 0 amide bonds. The highest BCUT2D eigenvalue weighted by molar-refractivity contribution is 5.36. The van der Waals surface area contributed by atoms with E-state index in [0.717, 1.165) is 5.69 Å². The molecule has 0 spiro atoms. The third kappa shape index (κ3) is 2.93. The molecule has 4 nitrogen and oxygen atoms in total. The van der Waals surface area contributed by atoms with Gasteiger partial charge in [0.15, 0.2) is 0 Å². The summed E-state index contributed by atoms with van der Waals surface area (Å²) in [6.45, 7) is 0. The fourth-order valence-electron chi connectivity index (χ4n) is 2.09. The number of aryl methyl sites for hydroxylation is 2. The number of hydrogen-bond acceptors (Lipinski definition) is 3. The minimum Gasteiger partial charge on any atom is -0.496 e. The van der Waals surface area contributed by atoms with Gasteiger partial charge in [0.05, 0.1) is 18.8 Å². The van der Waals surface area contributed by atoms with E-state index in [0.29, 0.717) is 18.6 Å². The summed E-state index contributed by atoms with van der Waals surface area (Å²) >= 11 is 0. The van der Waals surface area contributed by atoms with Crippen molar-refractivity contribution in [3.8, 4) is 5.75 Å². The van der Waals surface area contributed by atoms with Gasteiger partial charge in [0, 0.05) is 18.9 Å². The third-order valence-corrected chi connectivity index (χ3v) is 3.16. The quantitative estimate of drug-likeness (QED) is 0.901. The normalized spacial score (nSPS) is 12.4. The van der Waals surface area contributed by atoms with Gasteiger partial charge in [0.2, 0.25) is 0 Å². The number of aliphatic hydroxyl groups excluding tert-OH is 1. The second-order valence-corrected chi connectivity index (χ2v) is 4.36. The van der Waals surface area contributed by atoms with Gasteiger partial charge in [-0.1, -0.05) is 6.07 Å². The first-order valence-electron chi connectivity index (χ1n) is 6.11. The van der Waals surface area contributed by atoms with Crippen molar-refractivity contribution in [2.45, 2.75) is 18.9 Å². The Kier molecular flexibility index (Phi) is 4.16. The zero-order chi connectivity index (χ0) is 13.8. The van der Waals surface area contributed by atoms with Crippen molar-refractivity contribution in [3.05, 3.63) is 47.5 Å². The van der Waals surface area contributed by atoms with Crippen LogP contribution in [0.4, 0.5) is 4.39 Å². The average Bonchev–Trinajstić information content (AvgIpc) is 2.81. The highest BCUT2D eigenvalue weighted by Gasteiger charge is 2.18. The molecular formula is C14H17FN2O2. The molecule has 1 aromatic carbocycles. The number of methoxy groups -OCH3 is 1. The standard InChI is InChI=1S/C14H17FN2O2/c1-17-10(8-9-16-17)6-7-12(18)14-11(15)4-3-5-13(14)19-2/h3-5,8-9,12,18H,6-7H2,1-2H3. The molecule has 1 unspecified atom stereocenters. The van der Waals surface area contributed by atoms with Crippen LogP contribution in [0.3, 0.4) is 0 Å². The van der Waals surface area contributed by atoms with Crippen LogP contribution in [0, 0.1) is 5.82 Å². The second-order valence-electron chi connectivity index (χ2n) is 4.36. The zero-order valence-corrected chi connectivity index (χ0v) is 11.0. The molecule has 0 aliphatic rings. The zero-order valence-electron chi connectivity index (χ0n) is 11.0. The van der Waals surface area contributed by atoms with Crippen LogP contribution in [0.5, 0.6) is 5.75 Å². The van der Waals surface area contributed by atoms with Gasteiger partial charge in [-0.25, -0.2) is 4.39 Å². The number of hydrogen-bond donors (Lipinski definition) is 1. The molecule has 102 valence electrons. The van der Waals surface area contributed by atoms with Gasteiger partial charge in [-0.15, -0.1) is 0 Å². The predicted octanol–water partition coefficient (Wildman–Crippen LogP) is 2.23. The predicted molar refractivity (Wildman–Crippen MR) is 69.4 cm³/mol. The van der Waals surface area contributed by atoms with E-state index in [1.165, 1.54) is 13.2 Å². The van der Waals surface area contributed by atoms with Crippen molar-refractivity contribution in [1.29, 1.82) is 0 Å². The summed E-state index contributed by atoms with van der Waals surface area (Å²) in [5.41, 5.74) is 1.21. The number of benzene rings is 1. The van der Waals surface area contributed by atoms with Crippen molar-refractivity contribution < 1.29 is 14.2 Å². The Morgan fingerprint density at radius 3 is 2.84 bits per heavy atom. The highest BCUT2D eigenvalue weighted by Crippen LogP contribution is 2.30. The molecule has 1 heterocycles. The van der Waals surface area contributed by atoms with Gasteiger partial charge in [0.25, 0.3) is 0 Å². The van der Waals surface area contributed by atoms with Gasteiger partial charge in [0.1, 0.15) is 11.6 Å². The van der Waals surface area contributed by atoms with Crippen LogP contribution in [0.1, 0.15) is 23.8 Å². The first-order valence-corrected chi connectivity index (χ1v) is 6.11. The molecule has 0 radical (unpaired) electrons. The molecule has 0 saturated heterocycles. The lowest BCUT2D eigenvalue weighted by Gasteiger charge is -2.15. The van der Waals surface area contributed by atoms with Gasteiger partial charge >= 0.3 is 0 Å². The van der Waals surface area contributed by atoms with E-state index >= 15 is 0 Å². The maximum atomic E-state index is 13.8. The SMILES string of the molecule is COc1cccc(F)c1C(O)CCc1ccnn1C. The van der Waals surface area contributed by atoms with Gasteiger partial charge in [-0.05, 0) is 31.0 Å². The van der Waals surface area contributed by atoms with E-state index < -0.39 is 11.9 Å². The maximum Gasteiger partial charge on any atom is 0.132 e. The molecule has 19 heavy (non-hydrogen) atoms. The summed E-state index contributed by atoms with van der Waals surface area (Å²) in [5.74, 6) is -0.0747. The summed E-state index contributed by atoms with van der Waals surface area (Å²) in [7, 11) is 3.30. The van der Waals surface area contributed by atoms with E-state index in [-0.39, 0.29) is 5.56 Å². The third-order valence-electron chi connectivity index (χ3n) is 3.16. The van der Waals surface area contributed by atoms with Crippen molar-refractivity contribution >= 4 is 0 Å². The molecule has 1 atom stereocenters. The molecular weight excluding hydrogens is 247 g/mol. The Hall–Kier alpha value is -1.88. The summed E-state index contributed by atoms with van der Waals surface area (Å²) < 4.78 is 20.6. The molecule has 0 bridgehead atoms. The Labute approximate surface area is 111 Å². The van der Waals surface area contributed by atoms with Crippen LogP contribution in [0.15, 0.2) is 30.5 Å². The topological polar surface area (TPSA) is 47.3 Å². The van der Waals surface area contributed by atoms with Gasteiger partial charge in [-0.3, -0.25) is 4.68 Å². The van der Waals surface area contributed by atoms with E-state index in [1.54, 1.807) is 23.0 Å². The van der Waals surface area contributed by atoms with Crippen LogP contribution in [0.25, 0.3) is 0 Å². The van der Waals surface area contributed by atoms with Crippen molar-refractivity contribution in [3.63, 3.8) is 0 Å². The molecule has 0 aliphatic heterocycles. The van der Waals surface area contributed by atoms with Crippen LogP contribution in [-0.4, -0.2) is 22.0 Å². The maximum absolute atomic E-state index is 13.8. The Morgan fingerprint density at radius 2 is 2.21 bits per heavy atom. The average molecular weight is 264 g/mol. The lowest BCUT2D eigenvalue weighted by atomic mass is 10.0. The molecule has 0 aliphatic carbocycles. The molecule has 0 saturated carbocycles. The first kappa shape index (κ1) is 13.5. The van der Waals surface area contributed by atoms with Gasteiger partial charge < -0.3 is 9.84 Å². The fourth-order valence-corrected chi connectivity index (χ4v) is 2.09. The monoisotopic (exact) mass is 264 g/mol. The van der Waals surface area contributed by atoms with Crippen molar-refractivity contribution in [2.75, 3.05) is 7.11 Å². The number of halogens is 1. The van der Waals surface area contributed by atoms with Gasteiger partial charge in [-0.2, -0.15) is 5.10 Å². The highest BCUT2D eigenvalue weighted by atomic mass is 19.1. The Bertz CT molecular complexity index is 554. The molecule has 2 rings (SSSR count). The van der Waals surface area contributed by atoms with Crippen molar-refractivity contribution in [2.24, 2.45) is 7.05 Å². The van der Waals surface area contributed by atoms with Crippen LogP contribution >= 0.6 is 0 Å². The Morgan fingerprint density at radius 1 is 1.42 bits per heavy atom. The summed E-state index contributed by atoms with van der Waals surface area (Å²) in [6, 6.07) is 6.41. The fraction of sp³-hybridized carbons (Fsp3) is 0.357. The smallest absolute Gasteiger partial charge is 0.132 e. The first-order chi connectivity index (χ1) is 9.13. The molecule has 2 aromatic rings. The molecule has 1 aromatic heterocycles. The van der Waals surface area contributed by atoms with E-state index in [2.05, 4.69) is 5.10 Å². The lowest BCUT2D eigenvalue weighted by molar-refractivity contribution is 0.158. The largest absolute Gasteiger partial charge is 0.496 e. The van der Waals surface area contributed by atoms with E-state index in [4.69, 9.17) is 4.74 Å². The van der Waals surface area contributed by atoms with Crippen LogP contribution in [-0.2, 0) is 13.5 Å². The van der Waals surface area contributed by atoms with Crippen LogP contribution < -0.4 is 4.74 Å². The number of aromatic nitrogens is 2. The second kappa shape index (κ2) is 5.84. The number of nitrogens with zero attached hydrogens (tertiary/aromatic N) is 2. The molecule has 0 fully saturated rings. The summed E-state index contributed by atoms with van der Waals surface area (Å²) in [6.07, 6.45) is 1.84. The van der Waals surface area contributed by atoms with E-state index in [9.17, 15) is 9.50 Å². The number of rotatable bonds is 5. The van der Waals surface area contributed by atoms with E-state index in [1.807, 2.05) is 13.1 Å². The molecule has 5 heteroatoms. The minimum absolute atomic E-state index is 0.215. The molecule has 1 N–H and O–H groups in total. The number of aliphatic hydroxyl groups is 1. The minimum atomic E-state index is -0.897. The van der Waals surface area contributed by atoms with Crippen LogP contribution in [0.2, 0.25) is 0 Å².